The molecule has 5 nitrogen and oxygen atoms in total. The van der Waals surface area contributed by atoms with Crippen molar-refractivity contribution in [2.24, 2.45) is 17.8 Å². The lowest BCUT2D eigenvalue weighted by atomic mass is 9.59. The number of morpholine rings is 1. The van der Waals surface area contributed by atoms with E-state index >= 15 is 4.39 Å². The summed E-state index contributed by atoms with van der Waals surface area (Å²) in [6.07, 6.45) is 8.86. The highest BCUT2D eigenvalue weighted by Crippen LogP contribution is 2.53. The van der Waals surface area contributed by atoms with Crippen molar-refractivity contribution in [1.29, 1.82) is 0 Å². The number of ether oxygens (including phenoxy) is 1. The molecule has 7 unspecified atom stereocenters. The zero-order valence-corrected chi connectivity index (χ0v) is 21.8. The molecule has 0 radical (unpaired) electrons. The zero-order valence-electron chi connectivity index (χ0n) is 21.8. The zero-order chi connectivity index (χ0) is 24.6. The van der Waals surface area contributed by atoms with Crippen molar-refractivity contribution in [2.45, 2.75) is 108 Å². The van der Waals surface area contributed by atoms with Crippen molar-refractivity contribution >= 4 is 17.3 Å². The second-order valence-corrected chi connectivity index (χ2v) is 11.8. The second kappa shape index (κ2) is 10.4. The third-order valence-corrected chi connectivity index (χ3v) is 9.56. The number of halogens is 1. The average Bonchev–Trinajstić information content (AvgIpc) is 3.08. The number of hydrogen-bond acceptors (Lipinski definition) is 4. The van der Waals surface area contributed by atoms with Crippen LogP contribution >= 0.6 is 0 Å². The Morgan fingerprint density at radius 1 is 1.11 bits per heavy atom. The van der Waals surface area contributed by atoms with Crippen LogP contribution in [-0.4, -0.2) is 49.0 Å². The Balaban J connectivity index is 1.33. The minimum absolute atomic E-state index is 0.0210. The van der Waals surface area contributed by atoms with Gasteiger partial charge in [-0.1, -0.05) is 38.7 Å². The van der Waals surface area contributed by atoms with E-state index in [0.29, 0.717) is 37.3 Å². The van der Waals surface area contributed by atoms with Crippen LogP contribution in [0.2, 0.25) is 0 Å². The fourth-order valence-electron chi connectivity index (χ4n) is 7.73. The quantitative estimate of drug-likeness (QED) is 0.538. The van der Waals surface area contributed by atoms with Gasteiger partial charge >= 0.3 is 0 Å². The molecule has 4 aliphatic rings. The molecule has 2 N–H and O–H groups in total. The largest absolute Gasteiger partial charge is 0.375 e. The maximum absolute atomic E-state index is 15.4. The first-order valence-corrected chi connectivity index (χ1v) is 14.1. The first-order chi connectivity index (χ1) is 16.9. The van der Waals surface area contributed by atoms with E-state index in [1.165, 1.54) is 25.7 Å². The molecule has 0 aromatic heterocycles. The highest BCUT2D eigenvalue weighted by Gasteiger charge is 2.59. The SMILES string of the molecule is CC1CN(c2cccc(NC(=O)C3CC4C(F)CCC(C)C4(C4CCCCCC4)N3)c2)C(C)CO1. The summed E-state index contributed by atoms with van der Waals surface area (Å²) in [5.41, 5.74) is 1.67. The molecule has 1 aromatic carbocycles. The van der Waals surface area contributed by atoms with Gasteiger partial charge in [0.15, 0.2) is 0 Å². The van der Waals surface area contributed by atoms with Gasteiger partial charge in [0.05, 0.1) is 18.8 Å². The monoisotopic (exact) mass is 485 g/mol. The number of benzene rings is 1. The van der Waals surface area contributed by atoms with Crippen LogP contribution in [0.25, 0.3) is 0 Å². The van der Waals surface area contributed by atoms with E-state index in [9.17, 15) is 4.79 Å². The molecular weight excluding hydrogens is 441 g/mol. The fourth-order valence-corrected chi connectivity index (χ4v) is 7.73. The molecular formula is C29H44FN3O2. The Morgan fingerprint density at radius 3 is 2.66 bits per heavy atom. The van der Waals surface area contributed by atoms with Crippen LogP contribution in [0.4, 0.5) is 15.8 Å². The number of hydrogen-bond donors (Lipinski definition) is 2. The first kappa shape index (κ1) is 25.0. The van der Waals surface area contributed by atoms with E-state index in [0.717, 1.165) is 37.2 Å². The standard InChI is InChI=1S/C29H44FN3O2/c1-19-13-14-26(30)25-16-27(32-29(19,25)22-9-6-4-5-7-10-22)28(34)31-23-11-8-12-24(15-23)33-17-21(3)35-18-20(33)2/h8,11-12,15,19-22,25-27,32H,4-7,9-10,13-14,16-18H2,1-3H3,(H,31,34). The van der Waals surface area contributed by atoms with E-state index < -0.39 is 6.17 Å². The number of carbonyl (C=O) groups excluding carboxylic acids is 1. The predicted molar refractivity (Wildman–Crippen MR) is 140 cm³/mol. The van der Waals surface area contributed by atoms with E-state index in [1.54, 1.807) is 0 Å². The molecule has 194 valence electrons. The number of carbonyl (C=O) groups is 1. The number of rotatable bonds is 4. The van der Waals surface area contributed by atoms with Crippen LogP contribution in [0.15, 0.2) is 24.3 Å². The molecule has 5 rings (SSSR count). The van der Waals surface area contributed by atoms with Gasteiger partial charge in [0.25, 0.3) is 0 Å². The Hall–Kier alpha value is -1.66. The molecule has 35 heavy (non-hydrogen) atoms. The van der Waals surface area contributed by atoms with Crippen LogP contribution < -0.4 is 15.5 Å². The molecule has 1 amide bonds. The Kier molecular flexibility index (Phi) is 7.41. The Morgan fingerprint density at radius 2 is 1.89 bits per heavy atom. The third kappa shape index (κ3) is 4.85. The van der Waals surface area contributed by atoms with Crippen molar-refractivity contribution in [3.8, 4) is 0 Å². The molecule has 2 aliphatic carbocycles. The lowest BCUT2D eigenvalue weighted by Gasteiger charge is -2.51. The number of nitrogens with one attached hydrogen (secondary N) is 2. The average molecular weight is 486 g/mol. The van der Waals surface area contributed by atoms with Gasteiger partial charge in [0.2, 0.25) is 5.91 Å². The van der Waals surface area contributed by atoms with Crippen LogP contribution in [0, 0.1) is 17.8 Å². The van der Waals surface area contributed by atoms with E-state index in [4.69, 9.17) is 4.74 Å². The van der Waals surface area contributed by atoms with Crippen molar-refractivity contribution in [1.82, 2.24) is 5.32 Å². The predicted octanol–water partition coefficient (Wildman–Crippen LogP) is 5.69. The summed E-state index contributed by atoms with van der Waals surface area (Å²) in [5.74, 6) is 0.780. The summed E-state index contributed by atoms with van der Waals surface area (Å²) in [5, 5.41) is 7.00. The summed E-state index contributed by atoms with van der Waals surface area (Å²) in [7, 11) is 0. The molecule has 0 bridgehead atoms. The highest BCUT2D eigenvalue weighted by molar-refractivity contribution is 5.95. The maximum atomic E-state index is 15.4. The molecule has 2 heterocycles. The molecule has 1 aromatic rings. The summed E-state index contributed by atoms with van der Waals surface area (Å²) < 4.78 is 21.2. The lowest BCUT2D eigenvalue weighted by molar-refractivity contribution is -0.118. The van der Waals surface area contributed by atoms with Gasteiger partial charge in [0, 0.05) is 35.4 Å². The summed E-state index contributed by atoms with van der Waals surface area (Å²) in [6.45, 7) is 8.11. The van der Waals surface area contributed by atoms with Crippen LogP contribution in [0.1, 0.15) is 78.6 Å². The van der Waals surface area contributed by atoms with Gasteiger partial charge in [-0.15, -0.1) is 0 Å². The van der Waals surface area contributed by atoms with Gasteiger partial charge in [-0.2, -0.15) is 0 Å². The molecule has 2 saturated heterocycles. The third-order valence-electron chi connectivity index (χ3n) is 9.56. The van der Waals surface area contributed by atoms with Crippen LogP contribution in [0.3, 0.4) is 0 Å². The Labute approximate surface area is 210 Å². The van der Waals surface area contributed by atoms with Gasteiger partial charge in [-0.25, -0.2) is 4.39 Å². The maximum Gasteiger partial charge on any atom is 0.241 e. The molecule has 2 aliphatic heterocycles. The summed E-state index contributed by atoms with van der Waals surface area (Å²) >= 11 is 0. The van der Waals surface area contributed by atoms with Gasteiger partial charge in [-0.3, -0.25) is 10.1 Å². The normalized spacial score (nSPS) is 38.6. The number of fused-ring (bicyclic) bond motifs is 1. The molecule has 2 saturated carbocycles. The van der Waals surface area contributed by atoms with Gasteiger partial charge < -0.3 is 15.0 Å². The van der Waals surface area contributed by atoms with Crippen molar-refractivity contribution in [3.05, 3.63) is 24.3 Å². The minimum Gasteiger partial charge on any atom is -0.375 e. The Bertz CT molecular complexity index is 888. The number of anilines is 2. The smallest absolute Gasteiger partial charge is 0.241 e. The molecule has 4 fully saturated rings. The topological polar surface area (TPSA) is 53.6 Å². The van der Waals surface area contributed by atoms with Gasteiger partial charge in [0.1, 0.15) is 6.17 Å². The molecule has 7 atom stereocenters. The van der Waals surface area contributed by atoms with Crippen molar-refractivity contribution in [3.63, 3.8) is 0 Å². The minimum atomic E-state index is -0.812. The molecule has 6 heteroatoms. The first-order valence-electron chi connectivity index (χ1n) is 14.1. The van der Waals surface area contributed by atoms with Crippen molar-refractivity contribution < 1.29 is 13.9 Å². The summed E-state index contributed by atoms with van der Waals surface area (Å²) in [4.78, 5) is 15.9. The van der Waals surface area contributed by atoms with Crippen molar-refractivity contribution in [2.75, 3.05) is 23.4 Å². The number of amides is 1. The van der Waals surface area contributed by atoms with E-state index in [2.05, 4.69) is 48.4 Å². The highest BCUT2D eigenvalue weighted by atomic mass is 19.1. The molecule has 0 spiro atoms. The number of nitrogens with zero attached hydrogens (tertiary/aromatic N) is 1. The second-order valence-electron chi connectivity index (χ2n) is 11.8. The van der Waals surface area contributed by atoms with Crippen LogP contribution in [0.5, 0.6) is 0 Å². The van der Waals surface area contributed by atoms with E-state index in [-0.39, 0.29) is 29.5 Å². The summed E-state index contributed by atoms with van der Waals surface area (Å²) in [6, 6.07) is 8.08. The van der Waals surface area contributed by atoms with E-state index in [1.807, 2.05) is 12.1 Å². The number of alkyl halides is 1. The lowest BCUT2D eigenvalue weighted by Crippen LogP contribution is -2.62. The van der Waals surface area contributed by atoms with Gasteiger partial charge in [-0.05, 0) is 76.0 Å². The fraction of sp³-hybridized carbons (Fsp3) is 0.759. The van der Waals surface area contributed by atoms with Crippen LogP contribution in [-0.2, 0) is 9.53 Å².